The Morgan fingerprint density at radius 3 is 2.03 bits per heavy atom. The third kappa shape index (κ3) is 6.11. The van der Waals surface area contributed by atoms with Crippen molar-refractivity contribution in [2.24, 2.45) is 0 Å². The molecule has 4 N–H and O–H groups in total. The quantitative estimate of drug-likeness (QED) is 0.222. The molecular weight excluding hydrogens is 539 g/mol. The lowest BCUT2D eigenvalue weighted by Gasteiger charge is -2.12. The SMILES string of the molecule is Cc1ccccc1C(=O)Nc1ccc(C(=O)NNC(=S)NC(=O)c2ccccc2I)cc1. The highest BCUT2D eigenvalue weighted by atomic mass is 127. The van der Waals surface area contributed by atoms with Crippen LogP contribution in [0.5, 0.6) is 0 Å². The van der Waals surface area contributed by atoms with Crippen LogP contribution in [0.2, 0.25) is 0 Å². The van der Waals surface area contributed by atoms with Crippen LogP contribution >= 0.6 is 34.8 Å². The minimum absolute atomic E-state index is 0.0369. The maximum atomic E-state index is 12.4. The fourth-order valence-electron chi connectivity index (χ4n) is 2.76. The van der Waals surface area contributed by atoms with Crippen LogP contribution in [0.4, 0.5) is 5.69 Å². The molecule has 3 aromatic carbocycles. The predicted molar refractivity (Wildman–Crippen MR) is 135 cm³/mol. The molecule has 0 aliphatic heterocycles. The van der Waals surface area contributed by atoms with Gasteiger partial charge in [-0.3, -0.25) is 30.6 Å². The maximum absolute atomic E-state index is 12.4. The Morgan fingerprint density at radius 2 is 1.38 bits per heavy atom. The molecule has 0 saturated heterocycles. The van der Waals surface area contributed by atoms with Crippen LogP contribution in [0.1, 0.15) is 36.6 Å². The molecule has 0 aromatic heterocycles. The number of hydrogen-bond acceptors (Lipinski definition) is 4. The summed E-state index contributed by atoms with van der Waals surface area (Å²) < 4.78 is 0.782. The van der Waals surface area contributed by atoms with Crippen LogP contribution in [-0.2, 0) is 0 Å². The molecule has 32 heavy (non-hydrogen) atoms. The Labute approximate surface area is 204 Å². The molecule has 0 radical (unpaired) electrons. The lowest BCUT2D eigenvalue weighted by Crippen LogP contribution is -2.48. The summed E-state index contributed by atoms with van der Waals surface area (Å²) in [4.78, 5) is 37.0. The Hall–Kier alpha value is -3.31. The molecule has 9 heteroatoms. The van der Waals surface area contributed by atoms with Crippen molar-refractivity contribution < 1.29 is 14.4 Å². The van der Waals surface area contributed by atoms with Crippen molar-refractivity contribution in [3.8, 4) is 0 Å². The molecule has 7 nitrogen and oxygen atoms in total. The Kier molecular flexibility index (Phi) is 7.90. The van der Waals surface area contributed by atoms with Crippen LogP contribution in [0.15, 0.2) is 72.8 Å². The summed E-state index contributed by atoms with van der Waals surface area (Å²) in [5.74, 6) is -1.06. The van der Waals surface area contributed by atoms with Gasteiger partial charge in [-0.1, -0.05) is 30.3 Å². The molecule has 0 atom stereocenters. The molecule has 162 valence electrons. The average Bonchev–Trinajstić information content (AvgIpc) is 2.78. The predicted octanol–water partition coefficient (Wildman–Crippen LogP) is 3.80. The molecule has 0 bridgehead atoms. The molecular formula is C23H19IN4O3S. The van der Waals surface area contributed by atoms with Crippen molar-refractivity contribution in [1.82, 2.24) is 16.2 Å². The number of anilines is 1. The molecule has 3 amide bonds. The third-order valence-corrected chi connectivity index (χ3v) is 5.57. The summed E-state index contributed by atoms with van der Waals surface area (Å²) >= 11 is 7.12. The minimum Gasteiger partial charge on any atom is -0.322 e. The van der Waals surface area contributed by atoms with Gasteiger partial charge in [-0.2, -0.15) is 0 Å². The van der Waals surface area contributed by atoms with Gasteiger partial charge in [0, 0.05) is 20.4 Å². The van der Waals surface area contributed by atoms with E-state index in [1.54, 1.807) is 54.6 Å². The van der Waals surface area contributed by atoms with Gasteiger partial charge >= 0.3 is 0 Å². The summed E-state index contributed by atoms with van der Waals surface area (Å²) in [6.45, 7) is 1.86. The first-order chi connectivity index (χ1) is 15.3. The Balaban J connectivity index is 1.52. The van der Waals surface area contributed by atoms with Gasteiger partial charge in [0.05, 0.1) is 5.56 Å². The van der Waals surface area contributed by atoms with Gasteiger partial charge in [0.25, 0.3) is 17.7 Å². The smallest absolute Gasteiger partial charge is 0.269 e. The molecule has 0 spiro atoms. The summed E-state index contributed by atoms with van der Waals surface area (Å²) in [5.41, 5.74) is 7.77. The summed E-state index contributed by atoms with van der Waals surface area (Å²) in [6.07, 6.45) is 0. The fraction of sp³-hybridized carbons (Fsp3) is 0.0435. The molecule has 0 saturated carbocycles. The molecule has 0 aliphatic carbocycles. The number of hydrogen-bond donors (Lipinski definition) is 4. The highest BCUT2D eigenvalue weighted by Gasteiger charge is 2.12. The molecule has 3 rings (SSSR count). The van der Waals surface area contributed by atoms with E-state index in [9.17, 15) is 14.4 Å². The zero-order valence-corrected chi connectivity index (χ0v) is 19.9. The number of amides is 3. The molecule has 3 aromatic rings. The highest BCUT2D eigenvalue weighted by Crippen LogP contribution is 2.14. The van der Waals surface area contributed by atoms with E-state index in [0.29, 0.717) is 22.4 Å². The van der Waals surface area contributed by atoms with Crippen LogP contribution in [0, 0.1) is 10.5 Å². The highest BCUT2D eigenvalue weighted by molar-refractivity contribution is 14.1. The summed E-state index contributed by atoms with van der Waals surface area (Å²) in [6, 6.07) is 20.7. The first-order valence-corrected chi connectivity index (χ1v) is 11.0. The number of thiocarbonyl (C=S) groups is 1. The van der Waals surface area contributed by atoms with Gasteiger partial charge in [0.15, 0.2) is 5.11 Å². The second kappa shape index (κ2) is 10.8. The zero-order chi connectivity index (χ0) is 23.1. The normalized spacial score (nSPS) is 10.1. The monoisotopic (exact) mass is 558 g/mol. The maximum Gasteiger partial charge on any atom is 0.269 e. The van der Waals surface area contributed by atoms with Crippen molar-refractivity contribution in [3.63, 3.8) is 0 Å². The first kappa shape index (κ1) is 23.4. The average molecular weight is 558 g/mol. The number of halogens is 1. The van der Waals surface area contributed by atoms with Crippen molar-refractivity contribution in [1.29, 1.82) is 0 Å². The number of carbonyl (C=O) groups excluding carboxylic acids is 3. The molecule has 0 aliphatic rings. The van der Waals surface area contributed by atoms with Crippen molar-refractivity contribution >= 4 is 63.3 Å². The molecule has 0 unspecified atom stereocenters. The van der Waals surface area contributed by atoms with E-state index in [4.69, 9.17) is 12.2 Å². The lowest BCUT2D eigenvalue weighted by atomic mass is 10.1. The van der Waals surface area contributed by atoms with Crippen molar-refractivity contribution in [2.75, 3.05) is 5.32 Å². The van der Waals surface area contributed by atoms with Crippen molar-refractivity contribution in [2.45, 2.75) is 6.92 Å². The number of rotatable bonds is 4. The van der Waals surface area contributed by atoms with E-state index in [-0.39, 0.29) is 16.9 Å². The van der Waals surface area contributed by atoms with Crippen LogP contribution < -0.4 is 21.5 Å². The van der Waals surface area contributed by atoms with E-state index in [0.717, 1.165) is 9.13 Å². The second-order valence-corrected chi connectivity index (χ2v) is 8.26. The third-order valence-electron chi connectivity index (χ3n) is 4.43. The standard InChI is InChI=1S/C23H19IN4O3S/c1-14-6-2-3-7-17(14)21(30)25-16-12-10-15(11-13-16)20(29)27-28-23(32)26-22(31)18-8-4-5-9-19(18)24/h2-13H,1H3,(H,25,30)(H,27,29)(H2,26,28,31,32). The minimum atomic E-state index is -0.451. The van der Waals surface area contributed by atoms with Crippen LogP contribution in [0.3, 0.4) is 0 Å². The van der Waals surface area contributed by atoms with E-state index in [2.05, 4.69) is 44.1 Å². The first-order valence-electron chi connectivity index (χ1n) is 9.48. The number of nitrogens with one attached hydrogen (secondary N) is 4. The van der Waals surface area contributed by atoms with E-state index >= 15 is 0 Å². The largest absolute Gasteiger partial charge is 0.322 e. The zero-order valence-electron chi connectivity index (χ0n) is 16.9. The van der Waals surface area contributed by atoms with E-state index < -0.39 is 5.91 Å². The topological polar surface area (TPSA) is 99.3 Å². The number of aryl methyl sites for hydroxylation is 1. The Bertz CT molecular complexity index is 1180. The number of benzene rings is 3. The van der Waals surface area contributed by atoms with Gasteiger partial charge in [-0.25, -0.2) is 0 Å². The van der Waals surface area contributed by atoms with Gasteiger partial charge in [-0.05, 0) is 89.8 Å². The summed E-state index contributed by atoms with van der Waals surface area (Å²) in [7, 11) is 0. The van der Waals surface area contributed by atoms with E-state index in [1.807, 2.05) is 25.1 Å². The van der Waals surface area contributed by atoms with E-state index in [1.165, 1.54) is 0 Å². The van der Waals surface area contributed by atoms with Crippen LogP contribution in [0.25, 0.3) is 0 Å². The van der Waals surface area contributed by atoms with Gasteiger partial charge in [0.2, 0.25) is 0 Å². The second-order valence-electron chi connectivity index (χ2n) is 6.69. The number of carbonyl (C=O) groups is 3. The fourth-order valence-corrected chi connectivity index (χ4v) is 3.54. The Morgan fingerprint density at radius 1 is 0.750 bits per heavy atom. The lowest BCUT2D eigenvalue weighted by molar-refractivity contribution is 0.0934. The van der Waals surface area contributed by atoms with Gasteiger partial charge < -0.3 is 5.32 Å². The van der Waals surface area contributed by atoms with Crippen LogP contribution in [-0.4, -0.2) is 22.8 Å². The van der Waals surface area contributed by atoms with Gasteiger partial charge in [-0.15, -0.1) is 0 Å². The number of hydrazine groups is 1. The van der Waals surface area contributed by atoms with Crippen molar-refractivity contribution in [3.05, 3.63) is 98.6 Å². The van der Waals surface area contributed by atoms with Gasteiger partial charge in [0.1, 0.15) is 0 Å². The molecule has 0 heterocycles. The summed E-state index contributed by atoms with van der Waals surface area (Å²) in [5, 5.41) is 5.27. The molecule has 0 fully saturated rings.